The topological polar surface area (TPSA) is 75.4 Å². The van der Waals surface area contributed by atoms with Crippen molar-refractivity contribution >= 4 is 81.5 Å². The molecule has 1 amide bonds. The van der Waals surface area contributed by atoms with Gasteiger partial charge in [0.15, 0.2) is 0 Å². The number of nitrogens with zero attached hydrogens (tertiary/aromatic N) is 4. The van der Waals surface area contributed by atoms with E-state index in [9.17, 15) is 4.79 Å². The summed E-state index contributed by atoms with van der Waals surface area (Å²) in [5.41, 5.74) is 8.19. The maximum absolute atomic E-state index is 12.8. The van der Waals surface area contributed by atoms with Crippen molar-refractivity contribution in [1.82, 2.24) is 14.9 Å². The fourth-order valence-corrected chi connectivity index (χ4v) is 5.28. The SMILES string of the molecule is CSc1cc2ncnc(N3CCN(C(=O)[C@H](N)Cc4ccc(Cl)cc4)CC3)c2s1.Cl.Cl. The van der Waals surface area contributed by atoms with Crippen molar-refractivity contribution in [2.45, 2.75) is 16.7 Å². The molecule has 11 heteroatoms. The summed E-state index contributed by atoms with van der Waals surface area (Å²) in [5.74, 6) is 0.950. The largest absolute Gasteiger partial charge is 0.352 e. The zero-order chi connectivity index (χ0) is 20.4. The number of carbonyl (C=O) groups is 1. The third-order valence-corrected chi connectivity index (χ3v) is 7.48. The Kier molecular flexibility index (Phi) is 9.66. The lowest BCUT2D eigenvalue weighted by molar-refractivity contribution is -0.132. The number of fused-ring (bicyclic) bond motifs is 1. The van der Waals surface area contributed by atoms with Crippen LogP contribution in [0.1, 0.15) is 5.56 Å². The molecule has 31 heavy (non-hydrogen) atoms. The molecular formula is C20H24Cl3N5OS2. The van der Waals surface area contributed by atoms with E-state index in [0.29, 0.717) is 24.5 Å². The number of carbonyl (C=O) groups excluding carboxylic acids is 1. The lowest BCUT2D eigenvalue weighted by Crippen LogP contribution is -2.53. The number of anilines is 1. The minimum Gasteiger partial charge on any atom is -0.352 e. The van der Waals surface area contributed by atoms with Crippen LogP contribution in [-0.4, -0.2) is 59.3 Å². The number of thiophene rings is 1. The van der Waals surface area contributed by atoms with Crippen LogP contribution >= 0.6 is 59.5 Å². The number of hydrogen-bond donors (Lipinski definition) is 1. The number of halogens is 3. The van der Waals surface area contributed by atoms with Gasteiger partial charge in [0.25, 0.3) is 0 Å². The van der Waals surface area contributed by atoms with Gasteiger partial charge in [0.1, 0.15) is 12.1 Å². The Morgan fingerprint density at radius 1 is 1.19 bits per heavy atom. The van der Waals surface area contributed by atoms with Crippen molar-refractivity contribution in [3.05, 3.63) is 47.2 Å². The Bertz CT molecular complexity index is 1010. The van der Waals surface area contributed by atoms with E-state index in [0.717, 1.165) is 34.7 Å². The molecule has 1 aliphatic heterocycles. The van der Waals surface area contributed by atoms with Crippen molar-refractivity contribution in [2.24, 2.45) is 5.73 Å². The normalized spacial score (nSPS) is 14.7. The van der Waals surface area contributed by atoms with Gasteiger partial charge in [0, 0.05) is 31.2 Å². The summed E-state index contributed by atoms with van der Waals surface area (Å²) in [7, 11) is 0. The fourth-order valence-electron chi connectivity index (χ4n) is 3.48. The number of hydrogen-bond acceptors (Lipinski definition) is 7. The number of thioether (sulfide) groups is 1. The molecular weight excluding hydrogens is 497 g/mol. The summed E-state index contributed by atoms with van der Waals surface area (Å²) >= 11 is 9.36. The first-order chi connectivity index (χ1) is 14.0. The number of nitrogens with two attached hydrogens (primary N) is 1. The summed E-state index contributed by atoms with van der Waals surface area (Å²) in [6.07, 6.45) is 4.19. The highest BCUT2D eigenvalue weighted by Crippen LogP contribution is 2.35. The molecule has 1 aromatic carbocycles. The molecule has 0 spiro atoms. The zero-order valence-corrected chi connectivity index (χ0v) is 20.9. The molecule has 6 nitrogen and oxygen atoms in total. The van der Waals surface area contributed by atoms with Crippen molar-refractivity contribution in [3.8, 4) is 0 Å². The van der Waals surface area contributed by atoms with Crippen LogP contribution in [-0.2, 0) is 11.2 Å². The molecule has 1 atom stereocenters. The van der Waals surface area contributed by atoms with Gasteiger partial charge in [0.05, 0.1) is 20.5 Å². The van der Waals surface area contributed by atoms with E-state index in [2.05, 4.69) is 27.2 Å². The zero-order valence-electron chi connectivity index (χ0n) is 16.9. The van der Waals surface area contributed by atoms with Gasteiger partial charge in [-0.1, -0.05) is 23.7 Å². The van der Waals surface area contributed by atoms with E-state index in [1.165, 1.54) is 4.21 Å². The van der Waals surface area contributed by atoms with E-state index in [-0.39, 0.29) is 30.7 Å². The standard InChI is InChI=1S/C20H22ClN5OS2.2ClH/c1-28-17-11-16-18(29-17)19(24-12-23-16)25-6-8-26(9-7-25)20(27)15(22)10-13-2-4-14(21)5-3-13;;/h2-5,11-12,15H,6-10,22H2,1H3;2*1H/t15-;;/m1../s1. The van der Waals surface area contributed by atoms with Gasteiger partial charge < -0.3 is 15.5 Å². The molecule has 1 aliphatic rings. The van der Waals surface area contributed by atoms with Crippen LogP contribution in [0.2, 0.25) is 5.02 Å². The van der Waals surface area contributed by atoms with Crippen molar-refractivity contribution < 1.29 is 4.79 Å². The maximum atomic E-state index is 12.8. The Morgan fingerprint density at radius 3 is 2.52 bits per heavy atom. The quantitative estimate of drug-likeness (QED) is 0.510. The minimum absolute atomic E-state index is 0. The van der Waals surface area contributed by atoms with Crippen LogP contribution in [0.5, 0.6) is 0 Å². The Morgan fingerprint density at radius 2 is 1.87 bits per heavy atom. The predicted molar refractivity (Wildman–Crippen MR) is 136 cm³/mol. The first-order valence-corrected chi connectivity index (χ1v) is 11.8. The second kappa shape index (κ2) is 11.5. The second-order valence-corrected chi connectivity index (χ2v) is 9.53. The number of piperazine rings is 1. The van der Waals surface area contributed by atoms with Crippen LogP contribution in [0.25, 0.3) is 10.2 Å². The first-order valence-electron chi connectivity index (χ1n) is 9.37. The van der Waals surface area contributed by atoms with Gasteiger partial charge in [-0.3, -0.25) is 4.79 Å². The number of amides is 1. The van der Waals surface area contributed by atoms with E-state index in [4.69, 9.17) is 17.3 Å². The molecule has 1 fully saturated rings. The molecule has 4 rings (SSSR count). The van der Waals surface area contributed by atoms with E-state index < -0.39 is 6.04 Å². The molecule has 1 saturated heterocycles. The maximum Gasteiger partial charge on any atom is 0.239 e. The van der Waals surface area contributed by atoms with Gasteiger partial charge in [-0.2, -0.15) is 0 Å². The first kappa shape index (κ1) is 26.0. The van der Waals surface area contributed by atoms with Crippen LogP contribution < -0.4 is 10.6 Å². The van der Waals surface area contributed by atoms with E-state index in [1.807, 2.05) is 29.2 Å². The summed E-state index contributed by atoms with van der Waals surface area (Å²) in [6, 6.07) is 9.03. The molecule has 0 unspecified atom stereocenters. The average Bonchev–Trinajstić information content (AvgIpc) is 3.18. The molecule has 0 aliphatic carbocycles. The van der Waals surface area contributed by atoms with Crippen molar-refractivity contribution in [1.29, 1.82) is 0 Å². The molecule has 2 aromatic heterocycles. The van der Waals surface area contributed by atoms with Gasteiger partial charge in [-0.05, 0) is 36.4 Å². The lowest BCUT2D eigenvalue weighted by Gasteiger charge is -2.36. The predicted octanol–water partition coefficient (Wildman–Crippen LogP) is 4.13. The van der Waals surface area contributed by atoms with Gasteiger partial charge in [-0.15, -0.1) is 47.9 Å². The number of rotatable bonds is 5. The third-order valence-electron chi connectivity index (χ3n) is 5.05. The Balaban J connectivity index is 0.00000171. The lowest BCUT2D eigenvalue weighted by atomic mass is 10.1. The summed E-state index contributed by atoms with van der Waals surface area (Å²) in [6.45, 7) is 2.74. The monoisotopic (exact) mass is 519 g/mol. The molecule has 0 saturated carbocycles. The summed E-state index contributed by atoms with van der Waals surface area (Å²) in [4.78, 5) is 25.8. The highest BCUT2D eigenvalue weighted by molar-refractivity contribution is 8.00. The van der Waals surface area contributed by atoms with Crippen molar-refractivity contribution in [3.63, 3.8) is 0 Å². The highest BCUT2D eigenvalue weighted by Gasteiger charge is 2.27. The second-order valence-electron chi connectivity index (χ2n) is 6.93. The molecule has 0 radical (unpaired) electrons. The summed E-state index contributed by atoms with van der Waals surface area (Å²) < 4.78 is 2.33. The van der Waals surface area contributed by atoms with E-state index in [1.54, 1.807) is 29.4 Å². The van der Waals surface area contributed by atoms with E-state index >= 15 is 0 Å². The number of benzene rings is 1. The highest BCUT2D eigenvalue weighted by atomic mass is 35.5. The van der Waals surface area contributed by atoms with Gasteiger partial charge in [-0.25, -0.2) is 9.97 Å². The smallest absolute Gasteiger partial charge is 0.239 e. The van der Waals surface area contributed by atoms with Crippen LogP contribution in [0.4, 0.5) is 5.82 Å². The number of aromatic nitrogens is 2. The molecule has 3 aromatic rings. The molecule has 2 N–H and O–H groups in total. The van der Waals surface area contributed by atoms with Crippen LogP contribution in [0, 0.1) is 0 Å². The van der Waals surface area contributed by atoms with Gasteiger partial charge >= 0.3 is 0 Å². The average molecular weight is 521 g/mol. The van der Waals surface area contributed by atoms with Crippen LogP contribution in [0.3, 0.4) is 0 Å². The fraction of sp³-hybridized carbons (Fsp3) is 0.350. The minimum atomic E-state index is -0.546. The Labute approximate surface area is 207 Å². The van der Waals surface area contributed by atoms with Gasteiger partial charge in [0.2, 0.25) is 5.91 Å². The Hall–Kier alpha value is -1.29. The molecule has 3 heterocycles. The van der Waals surface area contributed by atoms with Crippen molar-refractivity contribution in [2.75, 3.05) is 37.3 Å². The molecule has 0 bridgehead atoms. The van der Waals surface area contributed by atoms with Crippen LogP contribution in [0.15, 0.2) is 40.9 Å². The third kappa shape index (κ3) is 5.94. The molecule has 168 valence electrons. The summed E-state index contributed by atoms with van der Waals surface area (Å²) in [5, 5.41) is 0.680.